The van der Waals surface area contributed by atoms with Gasteiger partial charge in [-0.1, -0.05) is 48.7 Å². The third-order valence-corrected chi connectivity index (χ3v) is 5.77. The van der Waals surface area contributed by atoms with Crippen LogP contribution < -0.4 is 0 Å². The number of hydrogen-bond acceptors (Lipinski definition) is 3. The molecule has 146 valence electrons. The number of halogens is 1. The number of aliphatic hydroxyl groups excluding tert-OH is 1. The molecule has 0 aromatic heterocycles. The molecule has 1 heterocycles. The van der Waals surface area contributed by atoms with Gasteiger partial charge in [0.15, 0.2) is 0 Å². The van der Waals surface area contributed by atoms with Crippen molar-refractivity contribution in [1.82, 2.24) is 4.90 Å². The summed E-state index contributed by atoms with van der Waals surface area (Å²) in [6.07, 6.45) is 5.91. The van der Waals surface area contributed by atoms with Crippen molar-refractivity contribution in [2.45, 2.75) is 57.1 Å². The predicted octanol–water partition coefficient (Wildman–Crippen LogP) is 3.44. The van der Waals surface area contributed by atoms with Gasteiger partial charge in [-0.3, -0.25) is 9.59 Å². The molecule has 1 aliphatic carbocycles. The van der Waals surface area contributed by atoms with Crippen LogP contribution in [0.25, 0.3) is 0 Å². The second kappa shape index (κ2) is 8.89. The van der Waals surface area contributed by atoms with E-state index in [1.807, 2.05) is 35.2 Å². The molecular formula is C21H26ClNO4. The second-order valence-electron chi connectivity index (χ2n) is 7.43. The molecule has 1 amide bonds. The number of carbonyl (C=O) groups is 2. The summed E-state index contributed by atoms with van der Waals surface area (Å²) in [7, 11) is 0. The van der Waals surface area contributed by atoms with Gasteiger partial charge in [-0.25, -0.2) is 0 Å². The van der Waals surface area contributed by atoms with E-state index >= 15 is 0 Å². The largest absolute Gasteiger partial charge is 0.481 e. The monoisotopic (exact) mass is 391 g/mol. The van der Waals surface area contributed by atoms with E-state index < -0.39 is 12.1 Å². The zero-order chi connectivity index (χ0) is 19.4. The van der Waals surface area contributed by atoms with Gasteiger partial charge in [0.1, 0.15) is 0 Å². The van der Waals surface area contributed by atoms with Gasteiger partial charge in [0.05, 0.1) is 12.1 Å². The molecule has 1 saturated heterocycles. The Balaban J connectivity index is 1.46. The average Bonchev–Trinajstić information content (AvgIpc) is 3.14. The Morgan fingerprint density at radius 3 is 2.74 bits per heavy atom. The molecule has 2 fully saturated rings. The van der Waals surface area contributed by atoms with Crippen LogP contribution in [0, 0.1) is 5.92 Å². The molecule has 2 aliphatic rings. The molecule has 3 rings (SSSR count). The van der Waals surface area contributed by atoms with Crippen LogP contribution in [0.4, 0.5) is 0 Å². The summed E-state index contributed by atoms with van der Waals surface area (Å²) in [5, 5.41) is 19.7. The number of amides is 1. The summed E-state index contributed by atoms with van der Waals surface area (Å²) in [4.78, 5) is 24.6. The maximum atomic E-state index is 12.1. The van der Waals surface area contributed by atoms with Crippen molar-refractivity contribution in [2.75, 3.05) is 6.54 Å². The number of aliphatic carboxylic acids is 1. The van der Waals surface area contributed by atoms with Crippen LogP contribution in [0.15, 0.2) is 35.9 Å². The third kappa shape index (κ3) is 5.11. The van der Waals surface area contributed by atoms with Crippen LogP contribution in [0.1, 0.15) is 44.1 Å². The molecule has 0 radical (unpaired) electrons. The number of carboxylic acid groups (broad SMARTS) is 1. The molecule has 2 N–H and O–H groups in total. The summed E-state index contributed by atoms with van der Waals surface area (Å²) >= 11 is 6.15. The number of piperidine rings is 1. The number of likely N-dealkylation sites (tertiary alicyclic amines) is 1. The lowest BCUT2D eigenvalue weighted by molar-refractivity contribution is -0.137. The lowest BCUT2D eigenvalue weighted by Gasteiger charge is -2.18. The molecule has 0 bridgehead atoms. The Kier molecular flexibility index (Phi) is 6.55. The number of hydrogen-bond donors (Lipinski definition) is 2. The fourth-order valence-electron chi connectivity index (χ4n) is 3.98. The molecule has 1 aliphatic heterocycles. The Hall–Kier alpha value is -1.85. The first-order valence-electron chi connectivity index (χ1n) is 9.61. The highest BCUT2D eigenvalue weighted by molar-refractivity contribution is 6.31. The van der Waals surface area contributed by atoms with Crippen LogP contribution >= 0.6 is 11.6 Å². The number of benzene rings is 1. The van der Waals surface area contributed by atoms with Crippen LogP contribution in [-0.2, 0) is 16.0 Å². The summed E-state index contributed by atoms with van der Waals surface area (Å²) in [6.45, 7) is 0.713. The Labute approximate surface area is 164 Å². The minimum Gasteiger partial charge on any atom is -0.481 e. The van der Waals surface area contributed by atoms with E-state index in [1.165, 1.54) is 5.57 Å². The minimum absolute atomic E-state index is 0.150. The summed E-state index contributed by atoms with van der Waals surface area (Å²) in [6, 6.07) is 7.66. The van der Waals surface area contributed by atoms with Crippen molar-refractivity contribution in [3.63, 3.8) is 0 Å². The summed E-state index contributed by atoms with van der Waals surface area (Å²) < 4.78 is 0. The third-order valence-electron chi connectivity index (χ3n) is 5.40. The molecule has 3 atom stereocenters. The topological polar surface area (TPSA) is 77.8 Å². The Bertz CT molecular complexity index is 733. The van der Waals surface area contributed by atoms with Gasteiger partial charge in [-0.2, -0.15) is 0 Å². The molecule has 1 aromatic carbocycles. The van der Waals surface area contributed by atoms with E-state index in [9.17, 15) is 14.7 Å². The fraction of sp³-hybridized carbons (Fsp3) is 0.524. The number of nitrogens with zero attached hydrogens (tertiary/aromatic N) is 1. The molecular weight excluding hydrogens is 366 g/mol. The Morgan fingerprint density at radius 2 is 2.00 bits per heavy atom. The van der Waals surface area contributed by atoms with Gasteiger partial charge in [-0.15, -0.1) is 0 Å². The van der Waals surface area contributed by atoms with Crippen molar-refractivity contribution >= 4 is 23.5 Å². The lowest BCUT2D eigenvalue weighted by atomic mass is 10.1. The van der Waals surface area contributed by atoms with Crippen molar-refractivity contribution in [1.29, 1.82) is 0 Å². The first-order valence-corrected chi connectivity index (χ1v) is 9.99. The van der Waals surface area contributed by atoms with Gasteiger partial charge in [0.2, 0.25) is 5.91 Å². The molecule has 6 heteroatoms. The van der Waals surface area contributed by atoms with Gasteiger partial charge < -0.3 is 15.1 Å². The number of carbonyl (C=O) groups excluding carboxylic acids is 1. The number of rotatable bonds is 10. The molecule has 1 unspecified atom stereocenters. The summed E-state index contributed by atoms with van der Waals surface area (Å²) in [5.74, 6) is -0.311. The van der Waals surface area contributed by atoms with Crippen molar-refractivity contribution < 1.29 is 19.8 Å². The van der Waals surface area contributed by atoms with Gasteiger partial charge in [0.25, 0.3) is 0 Å². The van der Waals surface area contributed by atoms with E-state index in [4.69, 9.17) is 16.7 Å². The smallest absolute Gasteiger partial charge is 0.303 e. The maximum absolute atomic E-state index is 12.1. The van der Waals surface area contributed by atoms with Crippen molar-refractivity contribution in [3.8, 4) is 0 Å². The molecule has 5 nitrogen and oxygen atoms in total. The van der Waals surface area contributed by atoms with Crippen molar-refractivity contribution in [3.05, 3.63) is 46.5 Å². The van der Waals surface area contributed by atoms with Crippen LogP contribution in [0.2, 0.25) is 5.02 Å². The second-order valence-corrected chi connectivity index (χ2v) is 7.84. The SMILES string of the molecule is O=C(O)CCCCCCN1C(=O)CC2C(=C[C@H](O)Cc3ccccc3Cl)[C@H]21. The normalized spacial score (nSPS) is 23.6. The highest BCUT2D eigenvalue weighted by atomic mass is 35.5. The highest BCUT2D eigenvalue weighted by Crippen LogP contribution is 2.51. The van der Waals surface area contributed by atoms with Gasteiger partial charge in [-0.05, 0) is 30.0 Å². The fourth-order valence-corrected chi connectivity index (χ4v) is 4.19. The van der Waals surface area contributed by atoms with Gasteiger partial charge in [0, 0.05) is 36.7 Å². The van der Waals surface area contributed by atoms with E-state index in [-0.39, 0.29) is 24.3 Å². The zero-order valence-electron chi connectivity index (χ0n) is 15.3. The zero-order valence-corrected chi connectivity index (χ0v) is 16.1. The van der Waals surface area contributed by atoms with E-state index in [0.29, 0.717) is 30.8 Å². The molecule has 1 aromatic rings. The lowest BCUT2D eigenvalue weighted by Crippen LogP contribution is -2.30. The van der Waals surface area contributed by atoms with Crippen LogP contribution in [0.5, 0.6) is 0 Å². The maximum Gasteiger partial charge on any atom is 0.303 e. The van der Waals surface area contributed by atoms with Crippen LogP contribution in [-0.4, -0.2) is 45.7 Å². The number of unbranched alkanes of at least 4 members (excludes halogenated alkanes) is 3. The number of carboxylic acids is 1. The molecule has 0 spiro atoms. The molecule has 1 saturated carbocycles. The average molecular weight is 392 g/mol. The first-order chi connectivity index (χ1) is 13.0. The summed E-state index contributed by atoms with van der Waals surface area (Å²) in [5.41, 5.74) is 2.09. The molecule has 27 heavy (non-hydrogen) atoms. The van der Waals surface area contributed by atoms with E-state index in [0.717, 1.165) is 24.8 Å². The highest BCUT2D eigenvalue weighted by Gasteiger charge is 2.56. The Morgan fingerprint density at radius 1 is 1.26 bits per heavy atom. The number of aliphatic hydroxyl groups is 1. The van der Waals surface area contributed by atoms with E-state index in [1.54, 1.807) is 0 Å². The van der Waals surface area contributed by atoms with Gasteiger partial charge >= 0.3 is 5.97 Å². The predicted molar refractivity (Wildman–Crippen MR) is 104 cm³/mol. The minimum atomic E-state index is -0.754. The quantitative estimate of drug-likeness (QED) is 0.473. The first kappa shape index (κ1) is 19.9. The van der Waals surface area contributed by atoms with Crippen molar-refractivity contribution in [2.24, 2.45) is 5.92 Å². The van der Waals surface area contributed by atoms with E-state index in [2.05, 4.69) is 0 Å². The number of fused-ring (bicyclic) bond motifs is 1. The van der Waals surface area contributed by atoms with Crippen LogP contribution in [0.3, 0.4) is 0 Å². The standard InChI is InChI=1S/C21H26ClNO4/c22-18-8-5-4-7-14(18)11-15(24)12-16-17-13-19(25)23(21(16)17)10-6-2-1-3-9-20(26)27/h4-5,7-8,12,15,17,21,24H,1-3,6,9-11,13H2,(H,26,27)/t15-,17?,21-/m1/s1.